The van der Waals surface area contributed by atoms with Crippen LogP contribution in [0, 0.1) is 0 Å². The Hall–Kier alpha value is -1.56. The highest BCUT2D eigenvalue weighted by Gasteiger charge is 2.20. The van der Waals surface area contributed by atoms with E-state index in [1.807, 2.05) is 4.90 Å². The molecule has 0 unspecified atom stereocenters. The van der Waals surface area contributed by atoms with E-state index in [0.717, 1.165) is 0 Å². The summed E-state index contributed by atoms with van der Waals surface area (Å²) in [6.07, 6.45) is 0. The first-order valence-electron chi connectivity index (χ1n) is 5.30. The van der Waals surface area contributed by atoms with Gasteiger partial charge in [0.2, 0.25) is 0 Å². The van der Waals surface area contributed by atoms with Gasteiger partial charge in [-0.3, -0.25) is 4.21 Å². The first-order valence-corrected chi connectivity index (χ1v) is 6.79. The lowest BCUT2D eigenvalue weighted by atomic mass is 10.1. The van der Waals surface area contributed by atoms with Crippen LogP contribution in [0.1, 0.15) is 10.4 Å². The summed E-state index contributed by atoms with van der Waals surface area (Å²) in [6, 6.07) is 4.86. The number of carbonyl (C=O) groups is 1. The minimum absolute atomic E-state index is 0.206. The zero-order chi connectivity index (χ0) is 12.4. The smallest absolute Gasteiger partial charge is 0.337 e. The van der Waals surface area contributed by atoms with E-state index < -0.39 is 16.8 Å². The second-order valence-corrected chi connectivity index (χ2v) is 5.61. The fourth-order valence-electron chi connectivity index (χ4n) is 1.88. The number of anilines is 2. The van der Waals surface area contributed by atoms with Crippen LogP contribution in [0.3, 0.4) is 0 Å². The van der Waals surface area contributed by atoms with E-state index in [1.165, 1.54) is 6.07 Å². The molecule has 3 N–H and O–H groups in total. The molecular weight excluding hydrogens is 240 g/mol. The van der Waals surface area contributed by atoms with E-state index in [4.69, 9.17) is 10.8 Å². The van der Waals surface area contributed by atoms with Crippen LogP contribution in [0.5, 0.6) is 0 Å². The van der Waals surface area contributed by atoms with Crippen molar-refractivity contribution in [3.8, 4) is 0 Å². The third-order valence-electron chi connectivity index (χ3n) is 2.77. The predicted molar refractivity (Wildman–Crippen MR) is 67.9 cm³/mol. The fourth-order valence-corrected chi connectivity index (χ4v) is 2.93. The monoisotopic (exact) mass is 254 g/mol. The summed E-state index contributed by atoms with van der Waals surface area (Å²) in [5.74, 6) is 0.186. The standard InChI is InChI=1S/C11H14N2O3S/c12-8-1-2-10(9(7-8)11(14)15)13-3-5-17(16)6-4-13/h1-2,7H,3-6,12H2,(H,14,15). The summed E-state index contributed by atoms with van der Waals surface area (Å²) in [6.45, 7) is 1.24. The molecule has 6 heteroatoms. The maximum atomic E-state index is 11.3. The lowest BCUT2D eigenvalue weighted by Gasteiger charge is -2.29. The van der Waals surface area contributed by atoms with E-state index in [0.29, 0.717) is 36.0 Å². The maximum absolute atomic E-state index is 11.3. The minimum Gasteiger partial charge on any atom is -0.478 e. The number of aromatic carboxylic acids is 1. The van der Waals surface area contributed by atoms with Gasteiger partial charge in [0, 0.05) is 41.1 Å². The van der Waals surface area contributed by atoms with Gasteiger partial charge in [0.05, 0.1) is 11.3 Å². The molecule has 0 atom stereocenters. The molecule has 5 nitrogen and oxygen atoms in total. The molecule has 0 saturated carbocycles. The average molecular weight is 254 g/mol. The molecule has 1 aromatic rings. The molecule has 1 aliphatic heterocycles. The number of rotatable bonds is 2. The first-order chi connectivity index (χ1) is 8.08. The Labute approximate surface area is 102 Å². The fraction of sp³-hybridized carbons (Fsp3) is 0.364. The molecule has 0 bridgehead atoms. The Bertz CT molecular complexity index is 466. The van der Waals surface area contributed by atoms with Crippen molar-refractivity contribution in [2.45, 2.75) is 0 Å². The van der Waals surface area contributed by atoms with Crippen LogP contribution >= 0.6 is 0 Å². The van der Waals surface area contributed by atoms with E-state index in [1.54, 1.807) is 12.1 Å². The van der Waals surface area contributed by atoms with Gasteiger partial charge in [0.1, 0.15) is 0 Å². The highest BCUT2D eigenvalue weighted by atomic mass is 32.2. The molecule has 17 heavy (non-hydrogen) atoms. The van der Waals surface area contributed by atoms with Gasteiger partial charge in [-0.05, 0) is 18.2 Å². The molecule has 0 radical (unpaired) electrons. The van der Waals surface area contributed by atoms with Gasteiger partial charge in [-0.1, -0.05) is 0 Å². The van der Waals surface area contributed by atoms with Crippen LogP contribution in [0.15, 0.2) is 18.2 Å². The molecule has 0 aliphatic carbocycles. The second-order valence-electron chi connectivity index (χ2n) is 3.92. The number of carboxylic acids is 1. The van der Waals surface area contributed by atoms with Crippen LogP contribution in [-0.2, 0) is 10.8 Å². The largest absolute Gasteiger partial charge is 0.478 e. The van der Waals surface area contributed by atoms with Crippen molar-refractivity contribution in [1.82, 2.24) is 0 Å². The number of nitrogens with two attached hydrogens (primary N) is 1. The quantitative estimate of drug-likeness (QED) is 0.752. The van der Waals surface area contributed by atoms with Gasteiger partial charge >= 0.3 is 5.97 Å². The number of hydrogen-bond donors (Lipinski definition) is 2. The van der Waals surface area contributed by atoms with Crippen LogP contribution in [0.25, 0.3) is 0 Å². The third kappa shape index (κ3) is 2.58. The Kier molecular flexibility index (Phi) is 3.33. The topological polar surface area (TPSA) is 83.6 Å². The van der Waals surface area contributed by atoms with Gasteiger partial charge in [0.25, 0.3) is 0 Å². The zero-order valence-corrected chi connectivity index (χ0v) is 10.1. The molecule has 0 aromatic heterocycles. The summed E-state index contributed by atoms with van der Waals surface area (Å²) in [5, 5.41) is 9.13. The highest BCUT2D eigenvalue weighted by Crippen LogP contribution is 2.24. The van der Waals surface area contributed by atoms with Crippen LogP contribution < -0.4 is 10.6 Å². The number of nitrogen functional groups attached to an aromatic ring is 1. The molecule has 1 aromatic carbocycles. The van der Waals surface area contributed by atoms with Gasteiger partial charge in [-0.25, -0.2) is 4.79 Å². The Balaban J connectivity index is 2.31. The van der Waals surface area contributed by atoms with E-state index in [2.05, 4.69) is 0 Å². The second kappa shape index (κ2) is 4.75. The lowest BCUT2D eigenvalue weighted by Crippen LogP contribution is -2.38. The van der Waals surface area contributed by atoms with Crippen molar-refractivity contribution in [2.75, 3.05) is 35.2 Å². The number of nitrogens with zero attached hydrogens (tertiary/aromatic N) is 1. The number of hydrogen-bond acceptors (Lipinski definition) is 4. The van der Waals surface area contributed by atoms with Crippen molar-refractivity contribution in [1.29, 1.82) is 0 Å². The molecule has 1 saturated heterocycles. The minimum atomic E-state index is -0.987. The van der Waals surface area contributed by atoms with Crippen molar-refractivity contribution in [3.05, 3.63) is 23.8 Å². The summed E-state index contributed by atoms with van der Waals surface area (Å²) >= 11 is 0. The SMILES string of the molecule is Nc1ccc(N2CCS(=O)CC2)c(C(=O)O)c1. The van der Waals surface area contributed by atoms with Crippen molar-refractivity contribution in [3.63, 3.8) is 0 Å². The molecule has 1 fully saturated rings. The summed E-state index contributed by atoms with van der Waals surface area (Å²) in [5.41, 5.74) is 6.89. The normalized spacial score (nSPS) is 17.1. The lowest BCUT2D eigenvalue weighted by molar-refractivity contribution is 0.0697. The molecule has 0 spiro atoms. The average Bonchev–Trinajstić information content (AvgIpc) is 2.30. The van der Waals surface area contributed by atoms with Gasteiger partial charge in [-0.15, -0.1) is 0 Å². The first kappa shape index (κ1) is 11.9. The van der Waals surface area contributed by atoms with Crippen LogP contribution in [-0.4, -0.2) is 39.9 Å². The summed E-state index contributed by atoms with van der Waals surface area (Å²) in [4.78, 5) is 13.1. The van der Waals surface area contributed by atoms with Crippen molar-refractivity contribution < 1.29 is 14.1 Å². The van der Waals surface area contributed by atoms with Crippen LogP contribution in [0.2, 0.25) is 0 Å². The Morgan fingerprint density at radius 1 is 1.35 bits per heavy atom. The molecule has 1 heterocycles. The zero-order valence-electron chi connectivity index (χ0n) is 9.26. The molecular formula is C11H14N2O3S. The summed E-state index contributed by atoms with van der Waals surface area (Å²) in [7, 11) is -0.770. The maximum Gasteiger partial charge on any atom is 0.337 e. The Morgan fingerprint density at radius 2 is 2.00 bits per heavy atom. The van der Waals surface area contributed by atoms with Gasteiger partial charge < -0.3 is 15.7 Å². The van der Waals surface area contributed by atoms with Crippen molar-refractivity contribution >= 4 is 28.1 Å². The Morgan fingerprint density at radius 3 is 2.59 bits per heavy atom. The molecule has 0 amide bonds. The molecule has 92 valence electrons. The third-order valence-corrected chi connectivity index (χ3v) is 4.05. The predicted octanol–water partition coefficient (Wildman–Crippen LogP) is 0.536. The van der Waals surface area contributed by atoms with E-state index in [-0.39, 0.29) is 5.56 Å². The van der Waals surface area contributed by atoms with Crippen LogP contribution in [0.4, 0.5) is 11.4 Å². The molecule has 1 aliphatic rings. The highest BCUT2D eigenvalue weighted by molar-refractivity contribution is 7.85. The van der Waals surface area contributed by atoms with E-state index in [9.17, 15) is 9.00 Å². The van der Waals surface area contributed by atoms with Gasteiger partial charge in [0.15, 0.2) is 0 Å². The van der Waals surface area contributed by atoms with Gasteiger partial charge in [-0.2, -0.15) is 0 Å². The number of benzene rings is 1. The molecule has 2 rings (SSSR count). The van der Waals surface area contributed by atoms with Crippen molar-refractivity contribution in [2.24, 2.45) is 0 Å². The number of carboxylic acid groups (broad SMARTS) is 1. The van der Waals surface area contributed by atoms with E-state index >= 15 is 0 Å². The summed E-state index contributed by atoms with van der Waals surface area (Å²) < 4.78 is 11.3.